The smallest absolute Gasteiger partial charge is 0.410 e. The van der Waals surface area contributed by atoms with Crippen LogP contribution in [-0.2, 0) is 21.4 Å². The Kier molecular flexibility index (Phi) is 6.12. The van der Waals surface area contributed by atoms with Gasteiger partial charge in [0.2, 0.25) is 0 Å². The minimum absolute atomic E-state index is 0.0475. The molecule has 2 atom stereocenters. The number of hydrogen-bond donors (Lipinski definition) is 0. The van der Waals surface area contributed by atoms with E-state index in [9.17, 15) is 9.59 Å². The number of Topliss-reactive ketones (excluding diaryl/α,β-unsaturated/α-hetero) is 1. The van der Waals surface area contributed by atoms with Crippen molar-refractivity contribution in [1.29, 1.82) is 0 Å². The zero-order valence-electron chi connectivity index (χ0n) is 19.0. The fraction of sp³-hybridized carbons (Fsp3) is 0.680. The van der Waals surface area contributed by atoms with Crippen molar-refractivity contribution < 1.29 is 14.3 Å². The Hall–Kier alpha value is -1.84. The third-order valence-electron chi connectivity index (χ3n) is 6.23. The first kappa shape index (κ1) is 21.9. The van der Waals surface area contributed by atoms with E-state index in [2.05, 4.69) is 45.0 Å². The number of ketones is 1. The van der Waals surface area contributed by atoms with Crippen molar-refractivity contribution in [2.75, 3.05) is 0 Å². The van der Waals surface area contributed by atoms with Crippen LogP contribution in [0.1, 0.15) is 84.8 Å². The van der Waals surface area contributed by atoms with Crippen molar-refractivity contribution in [2.24, 2.45) is 5.92 Å². The number of hydrogen-bond acceptors (Lipinski definition) is 3. The highest BCUT2D eigenvalue weighted by atomic mass is 16.6. The summed E-state index contributed by atoms with van der Waals surface area (Å²) in [7, 11) is 0. The Bertz CT molecular complexity index is 725. The van der Waals surface area contributed by atoms with Crippen LogP contribution in [0.5, 0.6) is 0 Å². The summed E-state index contributed by atoms with van der Waals surface area (Å²) in [5.41, 5.74) is 2.00. The molecular weight excluding hydrogens is 362 g/mol. The number of piperidine rings is 2. The number of carbonyl (C=O) groups excluding carboxylic acids is 2. The molecule has 1 aromatic carbocycles. The van der Waals surface area contributed by atoms with Gasteiger partial charge in [0.05, 0.1) is 0 Å². The van der Waals surface area contributed by atoms with Crippen LogP contribution in [0.4, 0.5) is 4.79 Å². The number of amides is 1. The van der Waals surface area contributed by atoms with Crippen molar-refractivity contribution >= 4 is 11.9 Å². The maximum atomic E-state index is 13.1. The zero-order chi connectivity index (χ0) is 21.4. The monoisotopic (exact) mass is 399 g/mol. The van der Waals surface area contributed by atoms with Crippen LogP contribution in [0.25, 0.3) is 0 Å². The molecule has 0 spiro atoms. The molecule has 0 radical (unpaired) electrons. The van der Waals surface area contributed by atoms with Crippen LogP contribution < -0.4 is 0 Å². The molecule has 0 aliphatic carbocycles. The van der Waals surface area contributed by atoms with Gasteiger partial charge in [-0.3, -0.25) is 4.79 Å². The van der Waals surface area contributed by atoms with Crippen molar-refractivity contribution in [3.8, 4) is 0 Å². The molecule has 2 unspecified atom stereocenters. The molecule has 2 heterocycles. The molecule has 2 aliphatic rings. The summed E-state index contributed by atoms with van der Waals surface area (Å²) in [6, 6.07) is 8.74. The number of ether oxygens (including phenoxy) is 1. The number of carbonyl (C=O) groups is 2. The summed E-state index contributed by atoms with van der Waals surface area (Å²) >= 11 is 0. The van der Waals surface area contributed by atoms with Gasteiger partial charge in [0, 0.05) is 24.4 Å². The van der Waals surface area contributed by atoms with Crippen LogP contribution in [-0.4, -0.2) is 34.5 Å². The van der Waals surface area contributed by atoms with E-state index < -0.39 is 5.60 Å². The van der Waals surface area contributed by atoms with E-state index in [0.717, 1.165) is 37.7 Å². The minimum Gasteiger partial charge on any atom is -0.444 e. The first-order valence-corrected chi connectivity index (χ1v) is 11.1. The first-order chi connectivity index (χ1) is 13.4. The molecule has 4 heteroatoms. The zero-order valence-corrected chi connectivity index (χ0v) is 19.0. The van der Waals surface area contributed by atoms with E-state index in [1.807, 2.05) is 25.7 Å². The molecule has 2 aliphatic heterocycles. The van der Waals surface area contributed by atoms with Gasteiger partial charge in [0.15, 0.2) is 0 Å². The predicted octanol–water partition coefficient (Wildman–Crippen LogP) is 5.66. The molecule has 0 N–H and O–H groups in total. The highest BCUT2D eigenvalue weighted by molar-refractivity contribution is 5.84. The van der Waals surface area contributed by atoms with Gasteiger partial charge in [0.1, 0.15) is 11.4 Å². The van der Waals surface area contributed by atoms with Gasteiger partial charge < -0.3 is 9.64 Å². The SMILES string of the molecule is CC(C)(C)OC(=O)N1C2CCCC1CC(C(=O)Cc1ccc(C(C)(C)C)cc1)C2. The molecule has 2 saturated heterocycles. The lowest BCUT2D eigenvalue weighted by Gasteiger charge is -2.48. The molecule has 2 bridgehead atoms. The van der Waals surface area contributed by atoms with E-state index in [0.29, 0.717) is 12.2 Å². The van der Waals surface area contributed by atoms with Crippen LogP contribution in [0, 0.1) is 5.92 Å². The van der Waals surface area contributed by atoms with E-state index >= 15 is 0 Å². The Morgan fingerprint density at radius 3 is 2.00 bits per heavy atom. The highest BCUT2D eigenvalue weighted by Gasteiger charge is 2.44. The topological polar surface area (TPSA) is 46.6 Å². The maximum Gasteiger partial charge on any atom is 0.410 e. The Morgan fingerprint density at radius 1 is 0.966 bits per heavy atom. The minimum atomic E-state index is -0.489. The average molecular weight is 400 g/mol. The molecule has 4 nitrogen and oxygen atoms in total. The van der Waals surface area contributed by atoms with Crippen LogP contribution in [0.2, 0.25) is 0 Å². The molecule has 1 aromatic rings. The number of nitrogens with zero attached hydrogens (tertiary/aromatic N) is 1. The summed E-state index contributed by atoms with van der Waals surface area (Å²) in [4.78, 5) is 27.7. The van der Waals surface area contributed by atoms with E-state index in [4.69, 9.17) is 4.74 Å². The lowest BCUT2D eigenvalue weighted by atomic mass is 9.76. The third-order valence-corrected chi connectivity index (χ3v) is 6.23. The first-order valence-electron chi connectivity index (χ1n) is 11.1. The predicted molar refractivity (Wildman–Crippen MR) is 116 cm³/mol. The molecule has 160 valence electrons. The van der Waals surface area contributed by atoms with Crippen molar-refractivity contribution in [3.05, 3.63) is 35.4 Å². The second-order valence-corrected chi connectivity index (χ2v) is 10.9. The largest absolute Gasteiger partial charge is 0.444 e. The van der Waals surface area contributed by atoms with Gasteiger partial charge in [-0.15, -0.1) is 0 Å². The average Bonchev–Trinajstić information content (AvgIpc) is 2.58. The van der Waals surface area contributed by atoms with Gasteiger partial charge >= 0.3 is 6.09 Å². The fourth-order valence-corrected chi connectivity index (χ4v) is 4.73. The van der Waals surface area contributed by atoms with Crippen molar-refractivity contribution in [2.45, 2.75) is 103 Å². The Balaban J connectivity index is 1.64. The summed E-state index contributed by atoms with van der Waals surface area (Å²) in [5, 5.41) is 0. The second kappa shape index (κ2) is 8.12. The Labute approximate surface area is 176 Å². The maximum absolute atomic E-state index is 13.1. The molecule has 0 saturated carbocycles. The molecular formula is C25H37NO3. The third kappa shape index (κ3) is 5.40. The van der Waals surface area contributed by atoms with Gasteiger partial charge in [-0.05, 0) is 69.4 Å². The molecule has 29 heavy (non-hydrogen) atoms. The fourth-order valence-electron chi connectivity index (χ4n) is 4.73. The number of rotatable bonds is 3. The summed E-state index contributed by atoms with van der Waals surface area (Å²) in [6.45, 7) is 12.3. The molecule has 0 aromatic heterocycles. The van der Waals surface area contributed by atoms with E-state index in [-0.39, 0.29) is 29.5 Å². The summed E-state index contributed by atoms with van der Waals surface area (Å²) in [5.74, 6) is 0.362. The van der Waals surface area contributed by atoms with Gasteiger partial charge in [-0.25, -0.2) is 4.79 Å². The summed E-state index contributed by atoms with van der Waals surface area (Å²) < 4.78 is 5.65. The highest BCUT2D eigenvalue weighted by Crippen LogP contribution is 2.38. The van der Waals surface area contributed by atoms with Gasteiger partial charge in [-0.1, -0.05) is 45.0 Å². The van der Waals surface area contributed by atoms with Gasteiger partial charge in [-0.2, -0.15) is 0 Å². The standard InChI is InChI=1S/C25H37NO3/c1-24(2,3)19-12-10-17(11-13-19)14-22(27)18-15-20-8-7-9-21(16-18)26(20)23(28)29-25(4,5)6/h10-13,18,20-21H,7-9,14-16H2,1-6H3. The second-order valence-electron chi connectivity index (χ2n) is 10.9. The number of benzene rings is 1. The molecule has 1 amide bonds. The lowest BCUT2D eigenvalue weighted by Crippen LogP contribution is -2.56. The summed E-state index contributed by atoms with van der Waals surface area (Å²) in [6.07, 6.45) is 4.89. The number of fused-ring (bicyclic) bond motifs is 2. The lowest BCUT2D eigenvalue weighted by molar-refractivity contribution is -0.126. The molecule has 2 fully saturated rings. The molecule has 3 rings (SSSR count). The van der Waals surface area contributed by atoms with Crippen molar-refractivity contribution in [1.82, 2.24) is 4.90 Å². The van der Waals surface area contributed by atoms with Crippen LogP contribution in [0.3, 0.4) is 0 Å². The quantitative estimate of drug-likeness (QED) is 0.658. The van der Waals surface area contributed by atoms with E-state index in [1.165, 1.54) is 5.56 Å². The Morgan fingerprint density at radius 2 is 1.52 bits per heavy atom. The van der Waals surface area contributed by atoms with E-state index in [1.54, 1.807) is 0 Å². The van der Waals surface area contributed by atoms with Crippen molar-refractivity contribution in [3.63, 3.8) is 0 Å². The normalized spacial score (nSPS) is 24.9. The van der Waals surface area contributed by atoms with Gasteiger partial charge in [0.25, 0.3) is 0 Å². The van der Waals surface area contributed by atoms with Crippen LogP contribution >= 0.6 is 0 Å². The van der Waals surface area contributed by atoms with Crippen LogP contribution in [0.15, 0.2) is 24.3 Å².